The van der Waals surface area contributed by atoms with Crippen LogP contribution in [0.2, 0.25) is 0 Å². The van der Waals surface area contributed by atoms with Gasteiger partial charge in [0, 0.05) is 5.56 Å². The summed E-state index contributed by atoms with van der Waals surface area (Å²) in [5.41, 5.74) is 1.01. The van der Waals surface area contributed by atoms with Crippen molar-refractivity contribution in [2.24, 2.45) is 0 Å². The van der Waals surface area contributed by atoms with Crippen molar-refractivity contribution in [1.29, 1.82) is 0 Å². The number of hydrogen-bond donors (Lipinski definition) is 2. The molecule has 0 aliphatic carbocycles. The third-order valence-electron chi connectivity index (χ3n) is 3.59. The predicted octanol–water partition coefficient (Wildman–Crippen LogP) is 2.01. The summed E-state index contributed by atoms with van der Waals surface area (Å²) in [4.78, 5) is 12.2. The maximum Gasteiger partial charge on any atom is 0.237 e. The molecule has 4 heteroatoms. The van der Waals surface area contributed by atoms with Gasteiger partial charge in [-0.15, -0.1) is 0 Å². The molecule has 1 aliphatic rings. The molecule has 1 aliphatic heterocycles. The van der Waals surface area contributed by atoms with Crippen LogP contribution in [-0.4, -0.2) is 25.6 Å². The van der Waals surface area contributed by atoms with Crippen LogP contribution >= 0.6 is 0 Å². The number of benzene rings is 1. The lowest BCUT2D eigenvalue weighted by Crippen LogP contribution is -2.47. The van der Waals surface area contributed by atoms with E-state index in [-0.39, 0.29) is 18.0 Å². The normalized spacial score (nSPS) is 20.6. The van der Waals surface area contributed by atoms with E-state index < -0.39 is 0 Å². The van der Waals surface area contributed by atoms with Crippen molar-refractivity contribution in [2.45, 2.75) is 38.3 Å². The maximum absolute atomic E-state index is 12.2. The Labute approximate surface area is 114 Å². The fraction of sp³-hybridized carbons (Fsp3) is 0.533. The third kappa shape index (κ3) is 3.47. The Hall–Kier alpha value is -1.55. The summed E-state index contributed by atoms with van der Waals surface area (Å²) >= 11 is 0. The van der Waals surface area contributed by atoms with Crippen molar-refractivity contribution < 1.29 is 9.53 Å². The SMILES string of the molecule is COc1ccccc1[C@@H](C)NC(=O)[C@H]1CCCCN1. The van der Waals surface area contributed by atoms with Crippen LogP contribution in [0.15, 0.2) is 24.3 Å². The number of ether oxygens (including phenoxy) is 1. The molecule has 4 nitrogen and oxygen atoms in total. The van der Waals surface area contributed by atoms with E-state index in [2.05, 4.69) is 10.6 Å². The summed E-state index contributed by atoms with van der Waals surface area (Å²) in [6, 6.07) is 7.69. The number of carbonyl (C=O) groups is 1. The van der Waals surface area contributed by atoms with Crippen LogP contribution in [-0.2, 0) is 4.79 Å². The van der Waals surface area contributed by atoms with Crippen LogP contribution < -0.4 is 15.4 Å². The van der Waals surface area contributed by atoms with E-state index in [1.54, 1.807) is 7.11 Å². The first-order chi connectivity index (χ1) is 9.22. The molecule has 0 aromatic heterocycles. The summed E-state index contributed by atoms with van der Waals surface area (Å²) < 4.78 is 5.33. The molecule has 19 heavy (non-hydrogen) atoms. The van der Waals surface area contributed by atoms with Crippen molar-refractivity contribution >= 4 is 5.91 Å². The number of methoxy groups -OCH3 is 1. The van der Waals surface area contributed by atoms with Crippen molar-refractivity contribution in [2.75, 3.05) is 13.7 Å². The van der Waals surface area contributed by atoms with Crippen molar-refractivity contribution in [3.63, 3.8) is 0 Å². The molecule has 2 N–H and O–H groups in total. The fourth-order valence-corrected chi connectivity index (χ4v) is 2.49. The lowest BCUT2D eigenvalue weighted by Gasteiger charge is -2.25. The smallest absolute Gasteiger partial charge is 0.237 e. The molecule has 2 atom stereocenters. The van der Waals surface area contributed by atoms with Crippen LogP contribution in [0.4, 0.5) is 0 Å². The van der Waals surface area contributed by atoms with Crippen molar-refractivity contribution in [1.82, 2.24) is 10.6 Å². The monoisotopic (exact) mass is 262 g/mol. The van der Waals surface area contributed by atoms with Gasteiger partial charge >= 0.3 is 0 Å². The van der Waals surface area contributed by atoms with Gasteiger partial charge in [0.1, 0.15) is 5.75 Å². The minimum atomic E-state index is -0.0501. The van der Waals surface area contributed by atoms with Gasteiger partial charge in [-0.25, -0.2) is 0 Å². The Bertz CT molecular complexity index is 428. The first kappa shape index (κ1) is 13.9. The van der Waals surface area contributed by atoms with E-state index in [1.807, 2.05) is 31.2 Å². The Morgan fingerprint density at radius 3 is 2.89 bits per heavy atom. The van der Waals surface area contributed by atoms with Crippen LogP contribution in [0.5, 0.6) is 5.75 Å². The molecule has 104 valence electrons. The zero-order valence-electron chi connectivity index (χ0n) is 11.6. The molecule has 0 spiro atoms. The molecule has 0 saturated carbocycles. The van der Waals surface area contributed by atoms with Gasteiger partial charge < -0.3 is 15.4 Å². The number of para-hydroxylation sites is 1. The average molecular weight is 262 g/mol. The number of amides is 1. The average Bonchev–Trinajstić information content (AvgIpc) is 2.48. The quantitative estimate of drug-likeness (QED) is 0.872. The Balaban J connectivity index is 1.99. The molecule has 0 unspecified atom stereocenters. The zero-order chi connectivity index (χ0) is 13.7. The summed E-state index contributed by atoms with van der Waals surface area (Å²) in [6.45, 7) is 2.92. The number of nitrogens with one attached hydrogen (secondary N) is 2. The van der Waals surface area contributed by atoms with Crippen LogP contribution in [0.25, 0.3) is 0 Å². The first-order valence-electron chi connectivity index (χ1n) is 6.89. The summed E-state index contributed by atoms with van der Waals surface area (Å²) in [6.07, 6.45) is 3.20. The molecule has 0 bridgehead atoms. The minimum Gasteiger partial charge on any atom is -0.496 e. The molecular formula is C15H22N2O2. The fourth-order valence-electron chi connectivity index (χ4n) is 2.49. The highest BCUT2D eigenvalue weighted by Gasteiger charge is 2.22. The second-order valence-electron chi connectivity index (χ2n) is 4.97. The molecule has 0 radical (unpaired) electrons. The first-order valence-corrected chi connectivity index (χ1v) is 6.89. The Morgan fingerprint density at radius 1 is 1.42 bits per heavy atom. The van der Waals surface area contributed by atoms with E-state index in [9.17, 15) is 4.79 Å². The van der Waals surface area contributed by atoms with Gasteiger partial charge in [0.25, 0.3) is 0 Å². The van der Waals surface area contributed by atoms with Crippen LogP contribution in [0.1, 0.15) is 37.8 Å². The number of carbonyl (C=O) groups excluding carboxylic acids is 1. The highest BCUT2D eigenvalue weighted by atomic mass is 16.5. The zero-order valence-corrected chi connectivity index (χ0v) is 11.6. The van der Waals surface area contributed by atoms with E-state index in [0.717, 1.165) is 37.1 Å². The second-order valence-corrected chi connectivity index (χ2v) is 4.97. The van der Waals surface area contributed by atoms with Crippen LogP contribution in [0.3, 0.4) is 0 Å². The topological polar surface area (TPSA) is 50.4 Å². The van der Waals surface area contributed by atoms with E-state index in [0.29, 0.717) is 0 Å². The van der Waals surface area contributed by atoms with Crippen molar-refractivity contribution in [3.05, 3.63) is 29.8 Å². The summed E-state index contributed by atoms with van der Waals surface area (Å²) in [5, 5.41) is 6.32. The molecule has 2 rings (SSSR count). The Kier molecular flexibility index (Phi) is 4.80. The van der Waals surface area contributed by atoms with Crippen molar-refractivity contribution in [3.8, 4) is 5.75 Å². The molecule has 1 aromatic carbocycles. The Morgan fingerprint density at radius 2 is 2.21 bits per heavy atom. The number of piperidine rings is 1. The number of rotatable bonds is 4. The van der Waals surface area contributed by atoms with Gasteiger partial charge in [-0.1, -0.05) is 24.6 Å². The molecule has 1 heterocycles. The van der Waals surface area contributed by atoms with Crippen LogP contribution in [0, 0.1) is 0 Å². The van der Waals surface area contributed by atoms with E-state index in [4.69, 9.17) is 4.74 Å². The third-order valence-corrected chi connectivity index (χ3v) is 3.59. The molecule has 1 aromatic rings. The lowest BCUT2D eigenvalue weighted by molar-refractivity contribution is -0.124. The molecule has 1 amide bonds. The second kappa shape index (κ2) is 6.57. The molecule has 1 saturated heterocycles. The predicted molar refractivity (Wildman–Crippen MR) is 75.2 cm³/mol. The number of hydrogen-bond acceptors (Lipinski definition) is 3. The highest BCUT2D eigenvalue weighted by molar-refractivity contribution is 5.82. The van der Waals surface area contributed by atoms with Gasteiger partial charge in [0.15, 0.2) is 0 Å². The minimum absolute atomic E-state index is 0.0487. The van der Waals surface area contributed by atoms with E-state index in [1.165, 1.54) is 0 Å². The van der Waals surface area contributed by atoms with Gasteiger partial charge in [-0.2, -0.15) is 0 Å². The standard InChI is InChI=1S/C15H22N2O2/c1-11(12-7-3-4-9-14(12)19-2)17-15(18)13-8-5-6-10-16-13/h3-4,7,9,11,13,16H,5-6,8,10H2,1-2H3,(H,17,18)/t11-,13-/m1/s1. The van der Waals surface area contributed by atoms with Gasteiger partial charge in [0.05, 0.1) is 19.2 Å². The highest BCUT2D eigenvalue weighted by Crippen LogP contribution is 2.24. The van der Waals surface area contributed by atoms with E-state index >= 15 is 0 Å². The maximum atomic E-state index is 12.2. The van der Waals surface area contributed by atoms with Gasteiger partial charge in [0.2, 0.25) is 5.91 Å². The molecular weight excluding hydrogens is 240 g/mol. The van der Waals surface area contributed by atoms with Gasteiger partial charge in [-0.3, -0.25) is 4.79 Å². The largest absolute Gasteiger partial charge is 0.496 e. The molecule has 1 fully saturated rings. The summed E-state index contributed by atoms with van der Waals surface area (Å²) in [7, 11) is 1.65. The lowest BCUT2D eigenvalue weighted by atomic mass is 10.0. The summed E-state index contributed by atoms with van der Waals surface area (Å²) in [5.74, 6) is 0.894. The van der Waals surface area contributed by atoms with Gasteiger partial charge in [-0.05, 0) is 32.4 Å².